The third-order valence-corrected chi connectivity index (χ3v) is 4.52. The number of benzene rings is 4. The van der Waals surface area contributed by atoms with Crippen LogP contribution in [-0.2, 0) is 6.42 Å². The summed E-state index contributed by atoms with van der Waals surface area (Å²) < 4.78 is 0. The molecule has 0 spiro atoms. The normalized spacial score (nSPS) is 11.2. The minimum Gasteiger partial charge on any atom is -0.508 e. The van der Waals surface area contributed by atoms with Crippen molar-refractivity contribution in [3.05, 3.63) is 89.5 Å². The van der Waals surface area contributed by atoms with Gasteiger partial charge in [0.1, 0.15) is 5.75 Å². The van der Waals surface area contributed by atoms with Crippen LogP contribution in [0.5, 0.6) is 5.75 Å². The number of phenols is 1. The average molecular weight is 298 g/mol. The van der Waals surface area contributed by atoms with Crippen LogP contribution in [0.25, 0.3) is 21.5 Å². The maximum Gasteiger partial charge on any atom is 0.118 e. The van der Waals surface area contributed by atoms with E-state index in [1.165, 1.54) is 32.7 Å². The molecule has 1 nitrogen and oxygen atoms in total. The molecule has 23 heavy (non-hydrogen) atoms. The Hall–Kier alpha value is -2.80. The minimum absolute atomic E-state index is 0.358. The molecule has 0 unspecified atom stereocenters. The summed E-state index contributed by atoms with van der Waals surface area (Å²) in [5.41, 5.74) is 3.50. The monoisotopic (exact) mass is 298 g/mol. The molecule has 4 aromatic carbocycles. The van der Waals surface area contributed by atoms with Crippen molar-refractivity contribution in [1.82, 2.24) is 0 Å². The number of aromatic hydroxyl groups is 1. The molecule has 0 amide bonds. The molecule has 0 aromatic heterocycles. The lowest BCUT2D eigenvalue weighted by atomic mass is 9.92. The first-order valence-electron chi connectivity index (χ1n) is 7.90. The van der Waals surface area contributed by atoms with Crippen molar-refractivity contribution in [1.29, 1.82) is 0 Å². The van der Waals surface area contributed by atoms with E-state index in [0.717, 1.165) is 12.0 Å². The summed E-state index contributed by atoms with van der Waals surface area (Å²) in [7, 11) is 0. The van der Waals surface area contributed by atoms with E-state index in [1.54, 1.807) is 6.07 Å². The van der Waals surface area contributed by atoms with Gasteiger partial charge < -0.3 is 5.11 Å². The molecule has 0 bridgehead atoms. The van der Waals surface area contributed by atoms with Crippen LogP contribution >= 0.6 is 0 Å². The van der Waals surface area contributed by atoms with Crippen molar-refractivity contribution >= 4 is 21.5 Å². The zero-order valence-corrected chi connectivity index (χ0v) is 13.1. The lowest BCUT2D eigenvalue weighted by Crippen LogP contribution is -1.93. The second-order valence-corrected chi connectivity index (χ2v) is 6.10. The topological polar surface area (TPSA) is 20.2 Å². The van der Waals surface area contributed by atoms with E-state index in [1.807, 2.05) is 13.0 Å². The largest absolute Gasteiger partial charge is 0.508 e. The van der Waals surface area contributed by atoms with Crippen LogP contribution in [0.2, 0.25) is 0 Å². The SMILES string of the molecule is Cc1cc(Cc2c3ccccc3cc3ccccc23)ccc1O. The molecular formula is C22H18O. The number of phenolic OH excluding ortho intramolecular Hbond substituents is 1. The van der Waals surface area contributed by atoms with Gasteiger partial charge in [0.15, 0.2) is 0 Å². The maximum atomic E-state index is 9.75. The fourth-order valence-electron chi connectivity index (χ4n) is 3.33. The Morgan fingerprint density at radius 1 is 0.739 bits per heavy atom. The molecule has 0 saturated carbocycles. The highest BCUT2D eigenvalue weighted by Crippen LogP contribution is 2.31. The molecule has 112 valence electrons. The first kappa shape index (κ1) is 13.8. The van der Waals surface area contributed by atoms with E-state index in [-0.39, 0.29) is 0 Å². The summed E-state index contributed by atoms with van der Waals surface area (Å²) in [6.45, 7) is 1.94. The predicted octanol–water partition coefficient (Wildman–Crippen LogP) is 5.60. The van der Waals surface area contributed by atoms with Crippen molar-refractivity contribution in [2.45, 2.75) is 13.3 Å². The van der Waals surface area contributed by atoms with Crippen LogP contribution < -0.4 is 0 Å². The molecule has 0 atom stereocenters. The minimum atomic E-state index is 0.358. The first-order valence-corrected chi connectivity index (χ1v) is 7.90. The van der Waals surface area contributed by atoms with Gasteiger partial charge in [-0.1, -0.05) is 60.7 Å². The summed E-state index contributed by atoms with van der Waals surface area (Å²) in [4.78, 5) is 0. The highest BCUT2D eigenvalue weighted by molar-refractivity contribution is 6.02. The van der Waals surface area contributed by atoms with E-state index in [0.29, 0.717) is 5.75 Å². The van der Waals surface area contributed by atoms with Gasteiger partial charge in [0, 0.05) is 0 Å². The van der Waals surface area contributed by atoms with Crippen LogP contribution in [-0.4, -0.2) is 5.11 Å². The van der Waals surface area contributed by atoms with Crippen LogP contribution in [0.3, 0.4) is 0 Å². The van der Waals surface area contributed by atoms with E-state index in [9.17, 15) is 5.11 Å². The molecule has 0 aliphatic rings. The summed E-state index contributed by atoms with van der Waals surface area (Å²) >= 11 is 0. The molecule has 4 aromatic rings. The summed E-state index contributed by atoms with van der Waals surface area (Å²) in [6.07, 6.45) is 0.864. The Bertz CT molecular complexity index is 961. The molecule has 0 radical (unpaired) electrons. The highest BCUT2D eigenvalue weighted by Gasteiger charge is 2.09. The fourth-order valence-corrected chi connectivity index (χ4v) is 3.33. The smallest absolute Gasteiger partial charge is 0.118 e. The molecule has 0 heterocycles. The molecule has 1 heteroatoms. The van der Waals surface area contributed by atoms with Gasteiger partial charge in [-0.2, -0.15) is 0 Å². The Morgan fingerprint density at radius 3 is 1.96 bits per heavy atom. The van der Waals surface area contributed by atoms with Gasteiger partial charge in [-0.05, 0) is 63.7 Å². The second kappa shape index (κ2) is 5.44. The predicted molar refractivity (Wildman–Crippen MR) is 97.1 cm³/mol. The Labute approximate surface area is 135 Å². The number of fused-ring (bicyclic) bond motifs is 2. The van der Waals surface area contributed by atoms with Gasteiger partial charge in [0.25, 0.3) is 0 Å². The van der Waals surface area contributed by atoms with Gasteiger partial charge in [-0.15, -0.1) is 0 Å². The molecule has 0 aliphatic heterocycles. The molecule has 0 saturated heterocycles. The molecule has 0 fully saturated rings. The third kappa shape index (κ3) is 2.44. The van der Waals surface area contributed by atoms with Gasteiger partial charge in [0.2, 0.25) is 0 Å². The third-order valence-electron chi connectivity index (χ3n) is 4.52. The van der Waals surface area contributed by atoms with Crippen molar-refractivity contribution < 1.29 is 5.11 Å². The molecular weight excluding hydrogens is 280 g/mol. The summed E-state index contributed by atoms with van der Waals surface area (Å²) in [5.74, 6) is 0.358. The zero-order valence-electron chi connectivity index (χ0n) is 13.1. The van der Waals surface area contributed by atoms with Gasteiger partial charge in [0.05, 0.1) is 0 Å². The lowest BCUT2D eigenvalue weighted by Gasteiger charge is -2.12. The molecule has 4 rings (SSSR count). The van der Waals surface area contributed by atoms with Gasteiger partial charge >= 0.3 is 0 Å². The number of hydrogen-bond donors (Lipinski definition) is 1. The average Bonchev–Trinajstić information content (AvgIpc) is 2.58. The van der Waals surface area contributed by atoms with E-state index >= 15 is 0 Å². The summed E-state index contributed by atoms with van der Waals surface area (Å²) in [6, 6.07) is 25.3. The van der Waals surface area contributed by atoms with E-state index in [4.69, 9.17) is 0 Å². The Kier molecular flexibility index (Phi) is 3.27. The maximum absolute atomic E-state index is 9.75. The Balaban J connectivity index is 1.97. The highest BCUT2D eigenvalue weighted by atomic mass is 16.3. The van der Waals surface area contributed by atoms with E-state index in [2.05, 4.69) is 60.7 Å². The summed E-state index contributed by atoms with van der Waals surface area (Å²) in [5, 5.41) is 14.9. The second-order valence-electron chi connectivity index (χ2n) is 6.10. The number of aryl methyl sites for hydroxylation is 1. The number of hydrogen-bond acceptors (Lipinski definition) is 1. The zero-order chi connectivity index (χ0) is 15.8. The van der Waals surface area contributed by atoms with Crippen molar-refractivity contribution in [3.63, 3.8) is 0 Å². The van der Waals surface area contributed by atoms with Crippen LogP contribution in [0.15, 0.2) is 72.8 Å². The van der Waals surface area contributed by atoms with Crippen LogP contribution in [0.4, 0.5) is 0 Å². The molecule has 1 N–H and O–H groups in total. The van der Waals surface area contributed by atoms with Gasteiger partial charge in [-0.3, -0.25) is 0 Å². The van der Waals surface area contributed by atoms with Crippen molar-refractivity contribution in [2.75, 3.05) is 0 Å². The Morgan fingerprint density at radius 2 is 1.35 bits per heavy atom. The van der Waals surface area contributed by atoms with Crippen molar-refractivity contribution in [2.24, 2.45) is 0 Å². The lowest BCUT2D eigenvalue weighted by molar-refractivity contribution is 0.471. The van der Waals surface area contributed by atoms with Crippen LogP contribution in [0.1, 0.15) is 16.7 Å². The number of rotatable bonds is 2. The van der Waals surface area contributed by atoms with Gasteiger partial charge in [-0.25, -0.2) is 0 Å². The molecule has 0 aliphatic carbocycles. The quantitative estimate of drug-likeness (QED) is 0.478. The standard InChI is InChI=1S/C22H18O/c1-15-12-16(10-11-22(15)23)13-21-19-8-4-2-6-17(19)14-18-7-3-5-9-20(18)21/h2-12,14,23H,13H2,1H3. The van der Waals surface area contributed by atoms with Crippen molar-refractivity contribution in [3.8, 4) is 5.75 Å². The van der Waals surface area contributed by atoms with Crippen LogP contribution in [0, 0.1) is 6.92 Å². The van der Waals surface area contributed by atoms with E-state index < -0.39 is 0 Å². The fraction of sp³-hybridized carbons (Fsp3) is 0.0909. The first-order chi connectivity index (χ1) is 11.2.